The molecule has 3 rings (SSSR count). The molecule has 0 saturated heterocycles. The van der Waals surface area contributed by atoms with Gasteiger partial charge >= 0.3 is 149 Å². The number of pyridine rings is 2. The summed E-state index contributed by atoms with van der Waals surface area (Å²) in [7, 11) is 0. The van der Waals surface area contributed by atoms with Crippen molar-refractivity contribution in [1.82, 2.24) is 8.18 Å². The predicted octanol–water partition coefficient (Wildman–Crippen LogP) is 2.17. The van der Waals surface area contributed by atoms with Crippen molar-refractivity contribution in [1.29, 1.82) is 5.26 Å². The first kappa shape index (κ1) is 16.3. The van der Waals surface area contributed by atoms with Crippen LogP contribution in [0.25, 0.3) is 11.1 Å². The summed E-state index contributed by atoms with van der Waals surface area (Å²) in [5.41, 5.74) is 2.23. The fraction of sp³-hybridized carbons (Fsp3) is 0.0556. The third-order valence-electron chi connectivity index (χ3n) is 3.62. The summed E-state index contributed by atoms with van der Waals surface area (Å²) in [5.74, 6) is 0. The molecule has 3 aromatic rings. The molecule has 0 saturated carbocycles. The SMILES string of the molecule is N#Cc1ccccc1-c1cc(C(O)c2ccccn2)c[n]([Re])c1=O. The quantitative estimate of drug-likeness (QED) is 0.613. The fourth-order valence-electron chi connectivity index (χ4n) is 2.44. The minimum atomic E-state index is -0.944. The Labute approximate surface area is 149 Å². The van der Waals surface area contributed by atoms with Crippen molar-refractivity contribution in [3.8, 4) is 17.2 Å². The van der Waals surface area contributed by atoms with Crippen LogP contribution in [0.4, 0.5) is 0 Å². The monoisotopic (exact) mass is 489 g/mol. The predicted molar refractivity (Wildman–Crippen MR) is 84.5 cm³/mol. The van der Waals surface area contributed by atoms with Crippen LogP contribution in [0.3, 0.4) is 0 Å². The molecule has 0 aliphatic heterocycles. The van der Waals surface area contributed by atoms with Crippen LogP contribution in [-0.4, -0.2) is 13.3 Å². The first-order valence-corrected chi connectivity index (χ1v) is 8.34. The van der Waals surface area contributed by atoms with Gasteiger partial charge in [0.1, 0.15) is 0 Å². The van der Waals surface area contributed by atoms with Crippen molar-refractivity contribution < 1.29 is 24.6 Å². The summed E-state index contributed by atoms with van der Waals surface area (Å²) in [6, 6.07) is 16.0. The Balaban J connectivity index is 2.17. The van der Waals surface area contributed by atoms with Crippen molar-refractivity contribution >= 4 is 0 Å². The van der Waals surface area contributed by atoms with E-state index in [-0.39, 0.29) is 5.56 Å². The Kier molecular flexibility index (Phi) is 4.69. The molecular weight excluding hydrogens is 476 g/mol. The summed E-state index contributed by atoms with van der Waals surface area (Å²) < 4.78 is 1.46. The number of aromatic nitrogens is 2. The molecule has 1 aromatic carbocycles. The Morgan fingerprint density at radius 2 is 1.92 bits per heavy atom. The van der Waals surface area contributed by atoms with Gasteiger partial charge in [-0.2, -0.15) is 0 Å². The second-order valence-corrected chi connectivity index (χ2v) is 6.43. The van der Waals surface area contributed by atoms with Gasteiger partial charge in [0.15, 0.2) is 0 Å². The van der Waals surface area contributed by atoms with E-state index in [4.69, 9.17) is 0 Å². The normalized spacial score (nSPS) is 11.7. The van der Waals surface area contributed by atoms with Gasteiger partial charge in [-0.3, -0.25) is 0 Å². The Morgan fingerprint density at radius 1 is 1.17 bits per heavy atom. The molecule has 0 amide bonds. The van der Waals surface area contributed by atoms with Gasteiger partial charge in [0.05, 0.1) is 0 Å². The Hall–Kier alpha value is -2.57. The molecule has 24 heavy (non-hydrogen) atoms. The second kappa shape index (κ2) is 6.90. The van der Waals surface area contributed by atoms with Gasteiger partial charge in [-0.25, -0.2) is 0 Å². The number of nitriles is 1. The number of aliphatic hydroxyl groups is 1. The van der Waals surface area contributed by atoms with Crippen LogP contribution < -0.4 is 5.56 Å². The first-order chi connectivity index (χ1) is 11.6. The third kappa shape index (κ3) is 3.06. The van der Waals surface area contributed by atoms with Crippen LogP contribution in [0.15, 0.2) is 65.7 Å². The molecule has 0 aliphatic carbocycles. The van der Waals surface area contributed by atoms with Crippen LogP contribution in [0.2, 0.25) is 0 Å². The molecule has 118 valence electrons. The molecular formula is C18H12N3O2Re. The average Bonchev–Trinajstić information content (AvgIpc) is 2.64. The van der Waals surface area contributed by atoms with Gasteiger partial charge in [0.2, 0.25) is 0 Å². The zero-order valence-electron chi connectivity index (χ0n) is 12.4. The molecule has 2 aromatic heterocycles. The summed E-state index contributed by atoms with van der Waals surface area (Å²) in [4.78, 5) is 16.7. The zero-order chi connectivity index (χ0) is 17.1. The standard InChI is InChI=1S/C18H13N3O2.Re/c19-10-12-5-1-2-6-14(12)15-9-13(11-21-18(15)23)17(22)16-7-3-4-8-20-16;/h1-9,11,17,22H,(H,21,23);/q;+1/p-1. The summed E-state index contributed by atoms with van der Waals surface area (Å²) in [6.45, 7) is 0. The van der Waals surface area contributed by atoms with Gasteiger partial charge in [0, 0.05) is 0 Å². The van der Waals surface area contributed by atoms with Crippen LogP contribution in [-0.2, 0) is 19.4 Å². The topological polar surface area (TPSA) is 78.9 Å². The molecule has 0 bridgehead atoms. The maximum absolute atomic E-state index is 12.5. The van der Waals surface area contributed by atoms with Crippen molar-refractivity contribution in [3.63, 3.8) is 0 Å². The molecule has 0 aliphatic rings. The average molecular weight is 489 g/mol. The first-order valence-electron chi connectivity index (χ1n) is 7.13. The van der Waals surface area contributed by atoms with Crippen LogP contribution in [0, 0.1) is 11.3 Å². The number of nitrogens with zero attached hydrogens (tertiary/aromatic N) is 3. The maximum atomic E-state index is 12.5. The van der Waals surface area contributed by atoms with Crippen molar-refractivity contribution in [2.24, 2.45) is 0 Å². The van der Waals surface area contributed by atoms with E-state index in [1.807, 2.05) is 0 Å². The Morgan fingerprint density at radius 3 is 2.62 bits per heavy atom. The molecule has 0 fully saturated rings. The van der Waals surface area contributed by atoms with E-state index >= 15 is 0 Å². The second-order valence-electron chi connectivity index (χ2n) is 5.12. The van der Waals surface area contributed by atoms with Gasteiger partial charge in [0.25, 0.3) is 0 Å². The van der Waals surface area contributed by atoms with E-state index in [0.717, 1.165) is 19.4 Å². The van der Waals surface area contributed by atoms with Gasteiger partial charge in [-0.1, -0.05) is 0 Å². The summed E-state index contributed by atoms with van der Waals surface area (Å²) >= 11 is 1.16. The molecule has 5 nitrogen and oxygen atoms in total. The number of aliphatic hydroxyl groups excluding tert-OH is 1. The van der Waals surface area contributed by atoms with Gasteiger partial charge in [-0.05, 0) is 0 Å². The van der Waals surface area contributed by atoms with Crippen molar-refractivity contribution in [2.45, 2.75) is 6.10 Å². The molecule has 0 radical (unpaired) electrons. The van der Waals surface area contributed by atoms with Gasteiger partial charge in [-0.15, -0.1) is 0 Å². The van der Waals surface area contributed by atoms with E-state index in [1.165, 1.54) is 3.20 Å². The van der Waals surface area contributed by atoms with Crippen molar-refractivity contribution in [2.75, 3.05) is 0 Å². The van der Waals surface area contributed by atoms with Gasteiger partial charge < -0.3 is 0 Å². The van der Waals surface area contributed by atoms with Crippen molar-refractivity contribution in [3.05, 3.63) is 88.1 Å². The van der Waals surface area contributed by atoms with Crippen LogP contribution in [0.5, 0.6) is 0 Å². The molecule has 1 N–H and O–H groups in total. The zero-order valence-corrected chi connectivity index (χ0v) is 15.1. The summed E-state index contributed by atoms with van der Waals surface area (Å²) in [6.07, 6.45) is 2.27. The van der Waals surface area contributed by atoms with E-state index < -0.39 is 6.10 Å². The molecule has 2 heterocycles. The number of hydrogen-bond donors (Lipinski definition) is 1. The Bertz CT molecular complexity index is 978. The fourth-order valence-corrected chi connectivity index (χ4v) is 3.17. The number of rotatable bonds is 3. The molecule has 1 unspecified atom stereocenters. The van der Waals surface area contributed by atoms with Crippen LogP contribution >= 0.6 is 0 Å². The molecule has 6 heteroatoms. The molecule has 1 atom stereocenters. The summed E-state index contributed by atoms with van der Waals surface area (Å²) in [5, 5.41) is 19.9. The molecule has 0 spiro atoms. The van der Waals surface area contributed by atoms with E-state index in [0.29, 0.717) is 27.9 Å². The van der Waals surface area contributed by atoms with Crippen LogP contribution in [0.1, 0.15) is 22.9 Å². The number of benzene rings is 1. The number of hydrogen-bond acceptors (Lipinski definition) is 4. The van der Waals surface area contributed by atoms with E-state index in [9.17, 15) is 15.2 Å². The van der Waals surface area contributed by atoms with E-state index in [2.05, 4.69) is 11.1 Å². The third-order valence-corrected chi connectivity index (χ3v) is 4.52. The van der Waals surface area contributed by atoms with E-state index in [1.54, 1.807) is 60.9 Å². The minimum absolute atomic E-state index is 0.202.